The first-order valence-corrected chi connectivity index (χ1v) is 13.7. The maximum Gasteiger partial charge on any atom is 0.333 e. The molecule has 5 nitrogen and oxygen atoms in total. The van der Waals surface area contributed by atoms with E-state index in [-0.39, 0.29) is 17.8 Å². The van der Waals surface area contributed by atoms with Gasteiger partial charge in [0.25, 0.3) is 5.91 Å². The van der Waals surface area contributed by atoms with E-state index in [2.05, 4.69) is 0 Å². The van der Waals surface area contributed by atoms with Crippen LogP contribution in [0.4, 0.5) is 14.9 Å². The SMILES string of the molecule is O=C(CC1C(=O)N(C(c2ccccc2)(c2ccccc2)c2ccccc2)C(=O)N1c1ccccc1)c1ccc(F)cc1. The van der Waals surface area contributed by atoms with E-state index in [0.717, 1.165) is 16.7 Å². The summed E-state index contributed by atoms with van der Waals surface area (Å²) in [6.07, 6.45) is -0.268. The number of hydrogen-bond acceptors (Lipinski definition) is 3. The smallest absolute Gasteiger partial charge is 0.294 e. The lowest BCUT2D eigenvalue weighted by atomic mass is 9.75. The van der Waals surface area contributed by atoms with Crippen molar-refractivity contribution in [1.82, 2.24) is 4.90 Å². The number of urea groups is 1. The van der Waals surface area contributed by atoms with Crippen molar-refractivity contribution in [3.63, 3.8) is 0 Å². The predicted molar refractivity (Wildman–Crippen MR) is 160 cm³/mol. The van der Waals surface area contributed by atoms with E-state index < -0.39 is 29.3 Å². The Hall–Kier alpha value is -5.36. The monoisotopic (exact) mass is 554 g/mol. The van der Waals surface area contributed by atoms with Gasteiger partial charge in [0.2, 0.25) is 0 Å². The highest BCUT2D eigenvalue weighted by molar-refractivity contribution is 6.17. The molecule has 206 valence electrons. The summed E-state index contributed by atoms with van der Waals surface area (Å²) in [6, 6.07) is 40.8. The minimum absolute atomic E-state index is 0.267. The zero-order valence-electron chi connectivity index (χ0n) is 22.6. The van der Waals surface area contributed by atoms with Crippen LogP contribution in [-0.4, -0.2) is 28.7 Å². The molecule has 5 aromatic rings. The predicted octanol–water partition coefficient (Wildman–Crippen LogP) is 7.23. The van der Waals surface area contributed by atoms with Crippen molar-refractivity contribution >= 4 is 23.4 Å². The molecule has 1 atom stereocenters. The summed E-state index contributed by atoms with van der Waals surface area (Å²) in [4.78, 5) is 45.7. The lowest BCUT2D eigenvalue weighted by molar-refractivity contribution is -0.130. The van der Waals surface area contributed by atoms with Crippen LogP contribution in [0.15, 0.2) is 146 Å². The third-order valence-electron chi connectivity index (χ3n) is 7.70. The average molecular weight is 555 g/mol. The third-order valence-corrected chi connectivity index (χ3v) is 7.70. The second-order valence-electron chi connectivity index (χ2n) is 10.1. The summed E-state index contributed by atoms with van der Waals surface area (Å²) in [5.74, 6) is -1.33. The molecule has 5 aromatic carbocycles. The van der Waals surface area contributed by atoms with Crippen LogP contribution in [0.3, 0.4) is 0 Å². The molecule has 0 N–H and O–H groups in total. The molecule has 1 fully saturated rings. The first-order chi connectivity index (χ1) is 20.5. The number of ketones is 1. The molecule has 0 bridgehead atoms. The lowest BCUT2D eigenvalue weighted by Gasteiger charge is -2.42. The molecule has 0 aromatic heterocycles. The second kappa shape index (κ2) is 11.3. The zero-order valence-corrected chi connectivity index (χ0v) is 22.6. The minimum atomic E-state index is -1.33. The van der Waals surface area contributed by atoms with Crippen molar-refractivity contribution in [2.24, 2.45) is 0 Å². The van der Waals surface area contributed by atoms with Gasteiger partial charge in [-0.2, -0.15) is 0 Å². The molecule has 1 unspecified atom stereocenters. The third kappa shape index (κ3) is 4.57. The maximum absolute atomic E-state index is 14.7. The number of rotatable bonds is 8. The Morgan fingerprint density at radius 1 is 0.619 bits per heavy atom. The highest BCUT2D eigenvalue weighted by Crippen LogP contribution is 2.46. The van der Waals surface area contributed by atoms with Crippen molar-refractivity contribution in [2.75, 3.05) is 4.90 Å². The first kappa shape index (κ1) is 26.8. The Labute approximate surface area is 243 Å². The van der Waals surface area contributed by atoms with Gasteiger partial charge in [0, 0.05) is 17.7 Å². The number of hydrogen-bond donors (Lipinski definition) is 0. The van der Waals surface area contributed by atoms with Crippen LogP contribution in [0.1, 0.15) is 33.5 Å². The largest absolute Gasteiger partial charge is 0.333 e. The number of benzene rings is 5. The van der Waals surface area contributed by atoms with Crippen LogP contribution in [0, 0.1) is 5.82 Å². The number of para-hydroxylation sites is 1. The number of carbonyl (C=O) groups excluding carboxylic acids is 3. The number of halogens is 1. The number of Topliss-reactive ketones (excluding diaryl/α,β-unsaturated/α-hetero) is 1. The molecule has 0 spiro atoms. The Kier molecular flexibility index (Phi) is 7.19. The molecule has 1 saturated heterocycles. The number of nitrogens with zero attached hydrogens (tertiary/aromatic N) is 2. The highest BCUT2D eigenvalue weighted by Gasteiger charge is 2.57. The van der Waals surface area contributed by atoms with Gasteiger partial charge in [0.1, 0.15) is 17.4 Å². The fraction of sp³-hybridized carbons (Fsp3) is 0.0833. The molecular formula is C36H27FN2O3. The van der Waals surface area contributed by atoms with Crippen molar-refractivity contribution < 1.29 is 18.8 Å². The van der Waals surface area contributed by atoms with E-state index in [1.165, 1.54) is 34.1 Å². The normalized spacial score (nSPS) is 15.2. The van der Waals surface area contributed by atoms with Crippen LogP contribution in [0.25, 0.3) is 0 Å². The zero-order chi connectivity index (χ0) is 29.1. The molecule has 0 saturated carbocycles. The number of imide groups is 1. The minimum Gasteiger partial charge on any atom is -0.294 e. The molecule has 1 aliphatic rings. The summed E-state index contributed by atoms with van der Waals surface area (Å²) in [7, 11) is 0. The fourth-order valence-electron chi connectivity index (χ4n) is 5.82. The Morgan fingerprint density at radius 3 is 1.50 bits per heavy atom. The van der Waals surface area contributed by atoms with E-state index in [1.807, 2.05) is 97.1 Å². The molecule has 1 heterocycles. The van der Waals surface area contributed by atoms with Gasteiger partial charge in [0.05, 0.1) is 0 Å². The van der Waals surface area contributed by atoms with Gasteiger partial charge in [-0.3, -0.25) is 14.5 Å². The van der Waals surface area contributed by atoms with Crippen LogP contribution in [0.5, 0.6) is 0 Å². The maximum atomic E-state index is 14.7. The van der Waals surface area contributed by atoms with Crippen molar-refractivity contribution in [1.29, 1.82) is 0 Å². The Bertz CT molecular complexity index is 1610. The molecular weight excluding hydrogens is 527 g/mol. The fourth-order valence-corrected chi connectivity index (χ4v) is 5.82. The van der Waals surface area contributed by atoms with Crippen LogP contribution < -0.4 is 4.90 Å². The van der Waals surface area contributed by atoms with Crippen LogP contribution in [0.2, 0.25) is 0 Å². The van der Waals surface area contributed by atoms with Gasteiger partial charge < -0.3 is 0 Å². The van der Waals surface area contributed by atoms with Crippen molar-refractivity contribution in [3.05, 3.63) is 174 Å². The van der Waals surface area contributed by atoms with E-state index in [0.29, 0.717) is 5.69 Å². The number of anilines is 1. The van der Waals surface area contributed by atoms with Gasteiger partial charge in [-0.05, 0) is 53.1 Å². The molecule has 3 amide bonds. The van der Waals surface area contributed by atoms with Gasteiger partial charge in [-0.25, -0.2) is 14.1 Å². The lowest BCUT2D eigenvalue weighted by Crippen LogP contribution is -2.52. The molecule has 42 heavy (non-hydrogen) atoms. The van der Waals surface area contributed by atoms with Crippen LogP contribution >= 0.6 is 0 Å². The molecule has 6 rings (SSSR count). The highest BCUT2D eigenvalue weighted by atomic mass is 19.1. The van der Waals surface area contributed by atoms with Crippen molar-refractivity contribution in [3.8, 4) is 0 Å². The second-order valence-corrected chi connectivity index (χ2v) is 10.1. The van der Waals surface area contributed by atoms with E-state index in [1.54, 1.807) is 24.3 Å². The van der Waals surface area contributed by atoms with Gasteiger partial charge >= 0.3 is 6.03 Å². The summed E-state index contributed by atoms with van der Waals surface area (Å²) < 4.78 is 13.6. The van der Waals surface area contributed by atoms with E-state index in [9.17, 15) is 18.8 Å². The standard InChI is InChI=1S/C36H27FN2O3/c37-30-23-21-26(22-24-30)33(40)25-32-34(41)39(35(42)38(32)31-19-11-4-12-20-31)36(27-13-5-1-6-14-27,28-15-7-2-8-16-28)29-17-9-3-10-18-29/h1-24,32H,25H2. The molecule has 0 radical (unpaired) electrons. The summed E-state index contributed by atoms with van der Waals surface area (Å²) >= 11 is 0. The molecule has 0 aliphatic carbocycles. The average Bonchev–Trinajstić information content (AvgIpc) is 3.28. The molecule has 1 aliphatic heterocycles. The summed E-state index contributed by atoms with van der Waals surface area (Å²) in [6.45, 7) is 0. The number of amides is 3. The van der Waals surface area contributed by atoms with Crippen LogP contribution in [-0.2, 0) is 10.3 Å². The number of carbonyl (C=O) groups is 3. The van der Waals surface area contributed by atoms with E-state index >= 15 is 0 Å². The van der Waals surface area contributed by atoms with E-state index in [4.69, 9.17) is 0 Å². The van der Waals surface area contributed by atoms with Crippen molar-refractivity contribution in [2.45, 2.75) is 18.0 Å². The summed E-state index contributed by atoms with van der Waals surface area (Å²) in [5, 5.41) is 0. The first-order valence-electron chi connectivity index (χ1n) is 13.7. The Balaban J connectivity index is 1.57. The summed E-state index contributed by atoms with van der Waals surface area (Å²) in [5.41, 5.74) is 1.60. The Morgan fingerprint density at radius 2 is 1.05 bits per heavy atom. The van der Waals surface area contributed by atoms with Gasteiger partial charge in [0.15, 0.2) is 5.78 Å². The quantitative estimate of drug-likeness (QED) is 0.116. The van der Waals surface area contributed by atoms with Gasteiger partial charge in [-0.15, -0.1) is 0 Å². The van der Waals surface area contributed by atoms with Gasteiger partial charge in [-0.1, -0.05) is 109 Å². The molecule has 6 heteroatoms. The topological polar surface area (TPSA) is 57.7 Å².